The van der Waals surface area contributed by atoms with E-state index in [1.165, 1.54) is 5.56 Å². The van der Waals surface area contributed by atoms with Crippen LogP contribution in [0.1, 0.15) is 24.5 Å². The molecule has 1 N–H and O–H groups in total. The molecule has 0 saturated carbocycles. The molecule has 1 aliphatic rings. The lowest BCUT2D eigenvalue weighted by molar-refractivity contribution is 0.0594. The molecule has 2 rings (SSSR count). The van der Waals surface area contributed by atoms with Gasteiger partial charge in [-0.2, -0.15) is 0 Å². The van der Waals surface area contributed by atoms with Gasteiger partial charge in [0, 0.05) is 6.20 Å². The van der Waals surface area contributed by atoms with Crippen LogP contribution >= 0.6 is 15.9 Å². The third kappa shape index (κ3) is 1.17. The van der Waals surface area contributed by atoms with Gasteiger partial charge in [0.05, 0.1) is 5.60 Å². The quantitative estimate of drug-likeness (QED) is 0.689. The summed E-state index contributed by atoms with van der Waals surface area (Å²) in [6, 6.07) is 1.91. The third-order valence-electron chi connectivity index (χ3n) is 2.41. The Bertz CT molecular complexity index is 322. The zero-order chi connectivity index (χ0) is 8.77. The van der Waals surface area contributed by atoms with Gasteiger partial charge in [0.2, 0.25) is 0 Å². The van der Waals surface area contributed by atoms with E-state index in [0.717, 1.165) is 23.0 Å². The van der Waals surface area contributed by atoms with Crippen LogP contribution in [0.3, 0.4) is 0 Å². The van der Waals surface area contributed by atoms with Crippen LogP contribution in [0.15, 0.2) is 16.9 Å². The number of hydrogen-bond donors (Lipinski definition) is 1. The smallest absolute Gasteiger partial charge is 0.106 e. The van der Waals surface area contributed by atoms with Crippen LogP contribution in [0.4, 0.5) is 0 Å². The van der Waals surface area contributed by atoms with Gasteiger partial charge < -0.3 is 5.11 Å². The molecule has 64 valence electrons. The number of aryl methyl sites for hydroxylation is 1. The van der Waals surface area contributed by atoms with Crippen LogP contribution < -0.4 is 0 Å². The summed E-state index contributed by atoms with van der Waals surface area (Å²) in [4.78, 5) is 4.12. The number of rotatable bonds is 0. The maximum absolute atomic E-state index is 9.92. The molecular formula is C9H10BrNO. The van der Waals surface area contributed by atoms with Crippen molar-refractivity contribution < 1.29 is 5.11 Å². The number of hydrogen-bond acceptors (Lipinski definition) is 2. The lowest BCUT2D eigenvalue weighted by Crippen LogP contribution is -2.16. The van der Waals surface area contributed by atoms with Crippen molar-refractivity contribution in [2.24, 2.45) is 0 Å². The zero-order valence-electron chi connectivity index (χ0n) is 6.84. The average molecular weight is 228 g/mol. The van der Waals surface area contributed by atoms with Crippen LogP contribution in [0.25, 0.3) is 0 Å². The summed E-state index contributed by atoms with van der Waals surface area (Å²) in [6.07, 6.45) is 3.57. The highest BCUT2D eigenvalue weighted by Gasteiger charge is 2.32. The van der Waals surface area contributed by atoms with Crippen LogP contribution in [0, 0.1) is 0 Å². The number of nitrogens with zero attached hydrogens (tertiary/aromatic N) is 1. The van der Waals surface area contributed by atoms with Gasteiger partial charge in [-0.05, 0) is 52.9 Å². The van der Waals surface area contributed by atoms with E-state index in [-0.39, 0.29) is 0 Å². The molecule has 0 aromatic carbocycles. The number of pyridine rings is 1. The topological polar surface area (TPSA) is 33.1 Å². The van der Waals surface area contributed by atoms with Crippen LogP contribution in [-0.2, 0) is 12.0 Å². The molecule has 1 atom stereocenters. The fraction of sp³-hybridized carbons (Fsp3) is 0.444. The van der Waals surface area contributed by atoms with Crippen molar-refractivity contribution in [3.8, 4) is 0 Å². The Labute approximate surface area is 79.8 Å². The van der Waals surface area contributed by atoms with Gasteiger partial charge in [-0.3, -0.25) is 0 Å². The van der Waals surface area contributed by atoms with Gasteiger partial charge in [0.25, 0.3) is 0 Å². The van der Waals surface area contributed by atoms with Gasteiger partial charge in [-0.15, -0.1) is 0 Å². The van der Waals surface area contributed by atoms with Crippen molar-refractivity contribution in [3.05, 3.63) is 28.0 Å². The fourth-order valence-electron chi connectivity index (χ4n) is 1.67. The maximum atomic E-state index is 9.92. The van der Waals surface area contributed by atoms with Gasteiger partial charge in [0.15, 0.2) is 0 Å². The minimum absolute atomic E-state index is 0.652. The highest BCUT2D eigenvalue weighted by atomic mass is 79.9. The Hall–Kier alpha value is -0.410. The zero-order valence-corrected chi connectivity index (χ0v) is 8.43. The van der Waals surface area contributed by atoms with Crippen LogP contribution in [0.2, 0.25) is 0 Å². The summed E-state index contributed by atoms with van der Waals surface area (Å²) in [7, 11) is 0. The number of fused-ring (bicyclic) bond motifs is 1. The van der Waals surface area contributed by atoms with E-state index in [4.69, 9.17) is 0 Å². The molecule has 3 heteroatoms. The summed E-state index contributed by atoms with van der Waals surface area (Å²) in [5.41, 5.74) is 1.54. The van der Waals surface area contributed by atoms with Gasteiger partial charge in [-0.1, -0.05) is 0 Å². The van der Waals surface area contributed by atoms with Crippen molar-refractivity contribution in [1.82, 2.24) is 4.98 Å². The van der Waals surface area contributed by atoms with E-state index in [1.807, 2.05) is 19.2 Å². The standard InChI is InChI=1S/C9H10BrNO/c1-9(12)3-2-6-5-11-8(10)4-7(6)9/h4-5,12H,2-3H2,1H3. The van der Waals surface area contributed by atoms with Crippen LogP contribution in [-0.4, -0.2) is 10.1 Å². The molecule has 12 heavy (non-hydrogen) atoms. The predicted octanol–water partition coefficient (Wildman–Crippen LogP) is 2.00. The Balaban J connectivity index is 2.57. The summed E-state index contributed by atoms with van der Waals surface area (Å²) in [6.45, 7) is 1.85. The van der Waals surface area contributed by atoms with Crippen molar-refractivity contribution in [2.75, 3.05) is 0 Å². The molecule has 0 aliphatic heterocycles. The number of aromatic nitrogens is 1. The van der Waals surface area contributed by atoms with E-state index in [2.05, 4.69) is 20.9 Å². The maximum Gasteiger partial charge on any atom is 0.106 e. The van der Waals surface area contributed by atoms with Gasteiger partial charge >= 0.3 is 0 Å². The molecule has 0 spiro atoms. The second-order valence-corrected chi connectivity index (χ2v) is 4.25. The van der Waals surface area contributed by atoms with Gasteiger partial charge in [-0.25, -0.2) is 4.98 Å². The monoisotopic (exact) mass is 227 g/mol. The first-order valence-electron chi connectivity index (χ1n) is 3.97. The van der Waals surface area contributed by atoms with E-state index < -0.39 is 5.60 Å². The number of aliphatic hydroxyl groups is 1. The van der Waals surface area contributed by atoms with Crippen molar-refractivity contribution in [2.45, 2.75) is 25.4 Å². The molecule has 1 aliphatic carbocycles. The average Bonchev–Trinajstić information content (AvgIpc) is 2.28. The SMILES string of the molecule is CC1(O)CCc2cnc(Br)cc21. The summed E-state index contributed by atoms with van der Waals surface area (Å²) in [5.74, 6) is 0. The first kappa shape index (κ1) is 8.20. The second kappa shape index (κ2) is 2.54. The molecule has 1 aromatic rings. The fourth-order valence-corrected chi connectivity index (χ4v) is 2.00. The Morgan fingerprint density at radius 3 is 3.17 bits per heavy atom. The Morgan fingerprint density at radius 2 is 2.42 bits per heavy atom. The minimum Gasteiger partial charge on any atom is -0.385 e. The molecule has 0 fully saturated rings. The lowest BCUT2D eigenvalue weighted by atomic mass is 10.0. The largest absolute Gasteiger partial charge is 0.385 e. The van der Waals surface area contributed by atoms with Crippen LogP contribution in [0.5, 0.6) is 0 Å². The lowest BCUT2D eigenvalue weighted by Gasteiger charge is -2.17. The molecule has 1 unspecified atom stereocenters. The minimum atomic E-state index is -0.652. The highest BCUT2D eigenvalue weighted by molar-refractivity contribution is 9.10. The molecule has 0 amide bonds. The third-order valence-corrected chi connectivity index (χ3v) is 2.85. The molecule has 1 heterocycles. The molecule has 0 bridgehead atoms. The molecule has 1 aromatic heterocycles. The number of halogens is 1. The van der Waals surface area contributed by atoms with E-state index in [0.29, 0.717) is 0 Å². The Morgan fingerprint density at radius 1 is 1.67 bits per heavy atom. The summed E-state index contributed by atoms with van der Waals surface area (Å²) in [5, 5.41) is 9.92. The molecular weight excluding hydrogens is 218 g/mol. The molecule has 0 saturated heterocycles. The van der Waals surface area contributed by atoms with Gasteiger partial charge in [0.1, 0.15) is 4.60 Å². The first-order valence-corrected chi connectivity index (χ1v) is 4.76. The molecule has 2 nitrogen and oxygen atoms in total. The van der Waals surface area contributed by atoms with E-state index in [9.17, 15) is 5.11 Å². The summed E-state index contributed by atoms with van der Waals surface area (Å²) >= 11 is 3.29. The second-order valence-electron chi connectivity index (χ2n) is 3.44. The van der Waals surface area contributed by atoms with E-state index in [1.54, 1.807) is 0 Å². The van der Waals surface area contributed by atoms with Crippen molar-refractivity contribution in [1.29, 1.82) is 0 Å². The predicted molar refractivity (Wildman–Crippen MR) is 49.8 cm³/mol. The normalized spacial score (nSPS) is 27.2. The van der Waals surface area contributed by atoms with Crippen molar-refractivity contribution in [3.63, 3.8) is 0 Å². The molecule has 0 radical (unpaired) electrons. The van der Waals surface area contributed by atoms with E-state index >= 15 is 0 Å². The summed E-state index contributed by atoms with van der Waals surface area (Å²) < 4.78 is 0.795. The van der Waals surface area contributed by atoms with Crippen molar-refractivity contribution >= 4 is 15.9 Å². The first-order chi connectivity index (χ1) is 5.59. The Kier molecular flexibility index (Phi) is 1.73. The highest BCUT2D eigenvalue weighted by Crippen LogP contribution is 2.36.